The van der Waals surface area contributed by atoms with Crippen LogP contribution in [-0.4, -0.2) is 59.1 Å². The van der Waals surface area contributed by atoms with Crippen LogP contribution in [-0.2, 0) is 4.74 Å². The van der Waals surface area contributed by atoms with E-state index in [1.807, 2.05) is 0 Å². The number of imide groups is 1. The molecule has 3 rings (SSSR count). The molecule has 1 aliphatic rings. The fourth-order valence-electron chi connectivity index (χ4n) is 2.97. The normalized spacial score (nSPS) is 12.8. The Kier molecular flexibility index (Phi) is 5.60. The van der Waals surface area contributed by atoms with Gasteiger partial charge in [0.1, 0.15) is 5.75 Å². The zero-order valence-corrected chi connectivity index (χ0v) is 15.5. The van der Waals surface area contributed by atoms with Gasteiger partial charge in [0.15, 0.2) is 0 Å². The Bertz CT molecular complexity index is 1020. The van der Waals surface area contributed by atoms with E-state index in [9.17, 15) is 24.3 Å². The minimum Gasteiger partial charge on any atom is -0.506 e. The lowest BCUT2D eigenvalue weighted by Gasteiger charge is -2.12. The predicted octanol–water partition coefficient (Wildman–Crippen LogP) is 1.98. The summed E-state index contributed by atoms with van der Waals surface area (Å²) in [5.41, 5.74) is 0.213. The van der Waals surface area contributed by atoms with Crippen LogP contribution in [0.15, 0.2) is 36.4 Å². The number of hydrogen-bond acceptors (Lipinski definition) is 6. The van der Waals surface area contributed by atoms with Gasteiger partial charge in [0.25, 0.3) is 17.7 Å². The maximum absolute atomic E-state index is 12.5. The Hall–Kier alpha value is -3.72. The van der Waals surface area contributed by atoms with Gasteiger partial charge in [0, 0.05) is 25.8 Å². The number of amides is 3. The van der Waals surface area contributed by atoms with Gasteiger partial charge in [-0.1, -0.05) is 0 Å². The number of methoxy groups -OCH3 is 1. The molecular formula is C20H18N2O7. The van der Waals surface area contributed by atoms with Crippen LogP contribution in [0.3, 0.4) is 0 Å². The summed E-state index contributed by atoms with van der Waals surface area (Å²) in [5.74, 6) is -3.11. The molecule has 1 aliphatic heterocycles. The molecule has 0 aromatic heterocycles. The van der Waals surface area contributed by atoms with Gasteiger partial charge in [-0.05, 0) is 42.8 Å². The van der Waals surface area contributed by atoms with Crippen LogP contribution in [0.4, 0.5) is 5.69 Å². The lowest BCUT2D eigenvalue weighted by Crippen LogP contribution is -2.31. The second kappa shape index (κ2) is 8.11. The molecule has 0 unspecified atom stereocenters. The highest BCUT2D eigenvalue weighted by molar-refractivity contribution is 6.22. The van der Waals surface area contributed by atoms with Gasteiger partial charge in [-0.15, -0.1) is 0 Å². The quantitative estimate of drug-likeness (QED) is 0.369. The maximum Gasteiger partial charge on any atom is 0.335 e. The molecule has 0 aliphatic carbocycles. The molecule has 9 heteroatoms. The molecule has 150 valence electrons. The highest BCUT2D eigenvalue weighted by Crippen LogP contribution is 2.27. The fraction of sp³-hybridized carbons (Fsp3) is 0.200. The molecule has 0 atom stereocenters. The van der Waals surface area contributed by atoms with Crippen molar-refractivity contribution in [3.63, 3.8) is 0 Å². The number of rotatable bonds is 7. The number of phenolic OH excluding ortho intramolecular Hbond substituents is 1. The van der Waals surface area contributed by atoms with Crippen molar-refractivity contribution in [1.29, 1.82) is 0 Å². The Morgan fingerprint density at radius 1 is 1.03 bits per heavy atom. The first-order chi connectivity index (χ1) is 13.8. The van der Waals surface area contributed by atoms with Crippen LogP contribution >= 0.6 is 0 Å². The van der Waals surface area contributed by atoms with Gasteiger partial charge >= 0.3 is 5.97 Å². The van der Waals surface area contributed by atoms with Crippen molar-refractivity contribution >= 4 is 29.4 Å². The summed E-state index contributed by atoms with van der Waals surface area (Å²) in [5, 5.41) is 21.3. The van der Waals surface area contributed by atoms with Gasteiger partial charge in [0.05, 0.1) is 22.4 Å². The van der Waals surface area contributed by atoms with E-state index in [1.165, 1.54) is 31.4 Å². The van der Waals surface area contributed by atoms with Gasteiger partial charge in [-0.3, -0.25) is 19.3 Å². The third kappa shape index (κ3) is 3.94. The molecule has 29 heavy (non-hydrogen) atoms. The monoisotopic (exact) mass is 398 g/mol. The molecule has 3 amide bonds. The van der Waals surface area contributed by atoms with Gasteiger partial charge in [-0.2, -0.15) is 0 Å². The number of phenols is 1. The highest BCUT2D eigenvalue weighted by atomic mass is 16.5. The van der Waals surface area contributed by atoms with E-state index in [2.05, 4.69) is 5.32 Å². The first-order valence-electron chi connectivity index (χ1n) is 8.70. The summed E-state index contributed by atoms with van der Waals surface area (Å²) in [6, 6.07) is 7.56. The number of carbonyl (C=O) groups excluding carboxylic acids is 3. The number of benzene rings is 2. The maximum atomic E-state index is 12.5. The van der Waals surface area contributed by atoms with E-state index in [0.29, 0.717) is 13.0 Å². The summed E-state index contributed by atoms with van der Waals surface area (Å²) < 4.78 is 4.93. The third-order valence-corrected chi connectivity index (χ3v) is 4.45. The first kappa shape index (κ1) is 20.0. The van der Waals surface area contributed by atoms with Crippen molar-refractivity contribution in [3.8, 4) is 5.75 Å². The smallest absolute Gasteiger partial charge is 0.335 e. The van der Waals surface area contributed by atoms with E-state index in [0.717, 1.165) is 17.0 Å². The average molecular weight is 398 g/mol. The van der Waals surface area contributed by atoms with Crippen LogP contribution in [0.25, 0.3) is 0 Å². The minimum atomic E-state index is -1.21. The molecule has 0 saturated carbocycles. The van der Waals surface area contributed by atoms with Crippen LogP contribution in [0, 0.1) is 0 Å². The van der Waals surface area contributed by atoms with Crippen molar-refractivity contribution in [2.24, 2.45) is 0 Å². The second-order valence-electron chi connectivity index (χ2n) is 6.36. The summed E-state index contributed by atoms with van der Waals surface area (Å²) >= 11 is 0. The van der Waals surface area contributed by atoms with Crippen molar-refractivity contribution in [1.82, 2.24) is 4.90 Å². The summed E-state index contributed by atoms with van der Waals surface area (Å²) in [4.78, 5) is 49.6. The van der Waals surface area contributed by atoms with Crippen molar-refractivity contribution in [2.45, 2.75) is 6.42 Å². The van der Waals surface area contributed by atoms with Gasteiger partial charge in [0.2, 0.25) is 0 Å². The predicted molar refractivity (Wildman–Crippen MR) is 101 cm³/mol. The molecule has 0 radical (unpaired) electrons. The topological polar surface area (TPSA) is 133 Å². The zero-order valence-electron chi connectivity index (χ0n) is 15.5. The van der Waals surface area contributed by atoms with E-state index >= 15 is 0 Å². The molecule has 1 heterocycles. The molecular weight excluding hydrogens is 380 g/mol. The number of aromatic carboxylic acids is 1. The molecule has 9 nitrogen and oxygen atoms in total. The van der Waals surface area contributed by atoms with Gasteiger partial charge < -0.3 is 20.3 Å². The van der Waals surface area contributed by atoms with Crippen LogP contribution in [0.1, 0.15) is 47.9 Å². The summed E-state index contributed by atoms with van der Waals surface area (Å²) in [6.45, 7) is 0.609. The standard InChI is InChI=1S/C20H18N2O7/c1-29-8-2-7-22-18(25)13-5-3-11(9-14(13)19(22)26)17(24)21-15-10-12(20(27)28)4-6-16(15)23/h3-6,9-10,23H,2,7-8H2,1H3,(H,21,24)(H,27,28). The van der Waals surface area contributed by atoms with Crippen molar-refractivity contribution in [3.05, 3.63) is 58.7 Å². The number of carbonyl (C=O) groups is 4. The zero-order chi connectivity index (χ0) is 21.1. The van der Waals surface area contributed by atoms with E-state index in [4.69, 9.17) is 9.84 Å². The number of aromatic hydroxyl groups is 1. The average Bonchev–Trinajstić information content (AvgIpc) is 2.94. The van der Waals surface area contributed by atoms with Crippen LogP contribution in [0.2, 0.25) is 0 Å². The van der Waals surface area contributed by atoms with E-state index < -0.39 is 23.7 Å². The fourth-order valence-corrected chi connectivity index (χ4v) is 2.97. The Balaban J connectivity index is 1.82. The number of anilines is 1. The van der Waals surface area contributed by atoms with Crippen LogP contribution < -0.4 is 5.32 Å². The van der Waals surface area contributed by atoms with Gasteiger partial charge in [-0.25, -0.2) is 4.79 Å². The molecule has 3 N–H and O–H groups in total. The molecule has 2 aromatic carbocycles. The lowest BCUT2D eigenvalue weighted by molar-refractivity contribution is 0.0635. The number of nitrogens with one attached hydrogen (secondary N) is 1. The number of nitrogens with zero attached hydrogens (tertiary/aromatic N) is 1. The largest absolute Gasteiger partial charge is 0.506 e. The van der Waals surface area contributed by atoms with Crippen molar-refractivity contribution in [2.75, 3.05) is 25.6 Å². The SMILES string of the molecule is COCCCN1C(=O)c2ccc(C(=O)Nc3cc(C(=O)O)ccc3O)cc2C1=O. The molecule has 0 saturated heterocycles. The second-order valence-corrected chi connectivity index (χ2v) is 6.36. The number of fused-ring (bicyclic) bond motifs is 1. The Labute approximate surface area is 165 Å². The molecule has 0 bridgehead atoms. The Morgan fingerprint density at radius 2 is 1.72 bits per heavy atom. The molecule has 0 spiro atoms. The summed E-state index contributed by atoms with van der Waals surface area (Å²) in [7, 11) is 1.53. The lowest BCUT2D eigenvalue weighted by atomic mass is 10.1. The minimum absolute atomic E-state index is 0.0843. The van der Waals surface area contributed by atoms with E-state index in [-0.39, 0.29) is 40.2 Å². The number of carboxylic acids is 1. The Morgan fingerprint density at radius 3 is 2.41 bits per heavy atom. The highest BCUT2D eigenvalue weighted by Gasteiger charge is 2.35. The number of carboxylic acid groups (broad SMARTS) is 1. The number of ether oxygens (including phenoxy) is 1. The third-order valence-electron chi connectivity index (χ3n) is 4.45. The van der Waals surface area contributed by atoms with Crippen LogP contribution in [0.5, 0.6) is 5.75 Å². The molecule has 0 fully saturated rings. The summed E-state index contributed by atoms with van der Waals surface area (Å²) in [6.07, 6.45) is 0.495. The molecule has 2 aromatic rings. The first-order valence-corrected chi connectivity index (χ1v) is 8.70. The number of hydrogen-bond donors (Lipinski definition) is 3. The van der Waals surface area contributed by atoms with Crippen molar-refractivity contribution < 1.29 is 34.1 Å². The van der Waals surface area contributed by atoms with E-state index in [1.54, 1.807) is 0 Å².